The Morgan fingerprint density at radius 2 is 1.60 bits per heavy atom. The Bertz CT molecular complexity index is 852. The van der Waals surface area contributed by atoms with Crippen molar-refractivity contribution in [3.63, 3.8) is 0 Å². The molecule has 2 aliphatic heterocycles. The quantitative estimate of drug-likeness (QED) is 0.770. The number of amides is 4. The lowest BCUT2D eigenvalue weighted by Crippen LogP contribution is -2.51. The Labute approximate surface area is 176 Å². The molecule has 1 atom stereocenters. The van der Waals surface area contributed by atoms with Crippen LogP contribution < -0.4 is 5.32 Å². The maximum atomic E-state index is 12.9. The second-order valence-corrected chi connectivity index (χ2v) is 8.74. The van der Waals surface area contributed by atoms with E-state index in [0.29, 0.717) is 44.1 Å². The van der Waals surface area contributed by atoms with E-state index >= 15 is 0 Å². The first-order valence-corrected chi connectivity index (χ1v) is 10.9. The van der Waals surface area contributed by atoms with E-state index in [0.717, 1.165) is 31.2 Å². The van der Waals surface area contributed by atoms with E-state index in [2.05, 4.69) is 5.32 Å². The zero-order valence-corrected chi connectivity index (χ0v) is 17.4. The molecule has 0 radical (unpaired) electrons. The minimum atomic E-state index is -0.314. The molecule has 160 valence electrons. The van der Waals surface area contributed by atoms with Crippen LogP contribution in [0.15, 0.2) is 24.3 Å². The topological polar surface area (TPSA) is 86.8 Å². The molecule has 1 aromatic rings. The highest BCUT2D eigenvalue weighted by atomic mass is 16.2. The Balaban J connectivity index is 1.32. The summed E-state index contributed by atoms with van der Waals surface area (Å²) in [5, 5.41) is 2.49. The minimum Gasteiger partial charge on any atom is -0.339 e. The average Bonchev–Trinajstić information content (AvgIpc) is 2.76. The predicted molar refractivity (Wildman–Crippen MR) is 111 cm³/mol. The molecule has 2 heterocycles. The molecular weight excluding hydrogens is 382 g/mol. The van der Waals surface area contributed by atoms with Crippen LogP contribution in [0.25, 0.3) is 0 Å². The van der Waals surface area contributed by atoms with E-state index < -0.39 is 0 Å². The molecule has 30 heavy (non-hydrogen) atoms. The molecule has 7 heteroatoms. The summed E-state index contributed by atoms with van der Waals surface area (Å²) in [7, 11) is 0. The van der Waals surface area contributed by atoms with Crippen LogP contribution in [0.3, 0.4) is 0 Å². The Morgan fingerprint density at radius 3 is 2.27 bits per heavy atom. The minimum absolute atomic E-state index is 0.0409. The number of benzene rings is 1. The van der Waals surface area contributed by atoms with Gasteiger partial charge in [0, 0.05) is 44.6 Å². The molecule has 1 aromatic carbocycles. The van der Waals surface area contributed by atoms with Gasteiger partial charge in [-0.3, -0.25) is 24.5 Å². The summed E-state index contributed by atoms with van der Waals surface area (Å²) in [4.78, 5) is 52.6. The monoisotopic (exact) mass is 411 g/mol. The lowest BCUT2D eigenvalue weighted by molar-refractivity contribution is -0.142. The third-order valence-electron chi connectivity index (χ3n) is 6.94. The second-order valence-electron chi connectivity index (χ2n) is 8.74. The van der Waals surface area contributed by atoms with Crippen molar-refractivity contribution < 1.29 is 19.2 Å². The molecule has 4 amide bonds. The van der Waals surface area contributed by atoms with Crippen molar-refractivity contribution in [2.75, 3.05) is 26.2 Å². The highest BCUT2D eigenvalue weighted by Gasteiger charge is 2.36. The smallest absolute Gasteiger partial charge is 0.258 e. The van der Waals surface area contributed by atoms with Crippen LogP contribution in [0.4, 0.5) is 0 Å². The number of rotatable bonds is 3. The van der Waals surface area contributed by atoms with Crippen molar-refractivity contribution in [1.82, 2.24) is 15.1 Å². The first kappa shape index (κ1) is 20.6. The Hall–Kier alpha value is -2.70. The Morgan fingerprint density at radius 1 is 0.967 bits per heavy atom. The number of imide groups is 1. The number of carbonyl (C=O) groups excluding carboxylic acids is 4. The van der Waals surface area contributed by atoms with Crippen molar-refractivity contribution in [2.45, 2.75) is 44.9 Å². The molecule has 7 nitrogen and oxygen atoms in total. The largest absolute Gasteiger partial charge is 0.339 e. The summed E-state index contributed by atoms with van der Waals surface area (Å²) in [6, 6.07) is 7.34. The molecule has 2 fully saturated rings. The molecule has 0 spiro atoms. The third kappa shape index (κ3) is 4.11. The molecule has 3 aliphatic rings. The van der Waals surface area contributed by atoms with Gasteiger partial charge in [0.05, 0.1) is 5.92 Å². The summed E-state index contributed by atoms with van der Waals surface area (Å²) >= 11 is 0. The number of nitrogens with zero attached hydrogens (tertiary/aromatic N) is 2. The van der Waals surface area contributed by atoms with Crippen molar-refractivity contribution in [3.8, 4) is 0 Å². The van der Waals surface area contributed by atoms with E-state index in [4.69, 9.17) is 0 Å². The average molecular weight is 412 g/mol. The van der Waals surface area contributed by atoms with Gasteiger partial charge in [0.25, 0.3) is 5.91 Å². The van der Waals surface area contributed by atoms with E-state index in [1.807, 2.05) is 23.1 Å². The third-order valence-corrected chi connectivity index (χ3v) is 6.94. The van der Waals surface area contributed by atoms with Gasteiger partial charge in [-0.2, -0.15) is 0 Å². The fourth-order valence-electron chi connectivity index (χ4n) is 5.13. The standard InChI is InChI=1S/C23H29N3O4/c1-15(27)25-10-12-26(13-11-25)23(30)17-8-6-16(7-9-17)14-20-18-4-2-3-5-19(18)21(28)24-22(20)29/h2-5,16-17,20H,6-14H2,1H3,(H,24,28,29)/t16?,17?,20-/m0/s1. The summed E-state index contributed by atoms with van der Waals surface area (Å²) in [6.07, 6.45) is 4.23. The van der Waals surface area contributed by atoms with E-state index in [1.54, 1.807) is 17.9 Å². The SMILES string of the molecule is CC(=O)N1CCN(C(=O)C2CCC(C[C@@H]3C(=O)NC(=O)c4ccccc43)CC2)CC1. The van der Waals surface area contributed by atoms with Crippen LogP contribution in [0.2, 0.25) is 0 Å². The lowest BCUT2D eigenvalue weighted by Gasteiger charge is -2.38. The molecule has 1 N–H and O–H groups in total. The van der Waals surface area contributed by atoms with Crippen LogP contribution in [0, 0.1) is 11.8 Å². The fourth-order valence-corrected chi connectivity index (χ4v) is 5.13. The van der Waals surface area contributed by atoms with Crippen molar-refractivity contribution in [1.29, 1.82) is 0 Å². The highest BCUT2D eigenvalue weighted by molar-refractivity contribution is 6.11. The summed E-state index contributed by atoms with van der Waals surface area (Å²) in [5.74, 6) is -0.123. The van der Waals surface area contributed by atoms with Crippen LogP contribution in [0.1, 0.15) is 60.9 Å². The highest BCUT2D eigenvalue weighted by Crippen LogP contribution is 2.38. The van der Waals surface area contributed by atoms with Gasteiger partial charge in [-0.25, -0.2) is 0 Å². The van der Waals surface area contributed by atoms with Gasteiger partial charge in [0.1, 0.15) is 0 Å². The van der Waals surface area contributed by atoms with Gasteiger partial charge in [-0.1, -0.05) is 18.2 Å². The Kier molecular flexibility index (Phi) is 5.88. The van der Waals surface area contributed by atoms with Gasteiger partial charge in [0.2, 0.25) is 17.7 Å². The predicted octanol–water partition coefficient (Wildman–Crippen LogP) is 1.93. The molecule has 0 aromatic heterocycles. The normalized spacial score (nSPS) is 26.8. The number of fused-ring (bicyclic) bond motifs is 1. The van der Waals surface area contributed by atoms with Crippen LogP contribution in [-0.4, -0.2) is 59.6 Å². The first-order valence-electron chi connectivity index (χ1n) is 10.9. The van der Waals surface area contributed by atoms with Gasteiger partial charge >= 0.3 is 0 Å². The van der Waals surface area contributed by atoms with Gasteiger partial charge in [-0.05, 0) is 49.7 Å². The van der Waals surface area contributed by atoms with E-state index in [1.165, 1.54) is 0 Å². The number of hydrogen-bond acceptors (Lipinski definition) is 4. The number of nitrogens with one attached hydrogen (secondary N) is 1. The fraction of sp³-hybridized carbons (Fsp3) is 0.565. The van der Waals surface area contributed by atoms with Gasteiger partial charge in [0.15, 0.2) is 0 Å². The zero-order chi connectivity index (χ0) is 21.3. The van der Waals surface area contributed by atoms with Crippen LogP contribution in [-0.2, 0) is 14.4 Å². The number of piperazine rings is 1. The van der Waals surface area contributed by atoms with Crippen molar-refractivity contribution in [3.05, 3.63) is 35.4 Å². The summed E-state index contributed by atoms with van der Waals surface area (Å²) < 4.78 is 0. The molecule has 1 saturated heterocycles. The molecule has 0 bridgehead atoms. The van der Waals surface area contributed by atoms with Crippen molar-refractivity contribution in [2.24, 2.45) is 11.8 Å². The maximum absolute atomic E-state index is 12.9. The summed E-state index contributed by atoms with van der Waals surface area (Å²) in [5.41, 5.74) is 1.42. The van der Waals surface area contributed by atoms with Gasteiger partial charge in [-0.15, -0.1) is 0 Å². The zero-order valence-electron chi connectivity index (χ0n) is 17.4. The molecule has 4 rings (SSSR count). The van der Waals surface area contributed by atoms with Gasteiger partial charge < -0.3 is 9.80 Å². The molecular formula is C23H29N3O4. The van der Waals surface area contributed by atoms with Crippen LogP contribution in [0.5, 0.6) is 0 Å². The number of hydrogen-bond donors (Lipinski definition) is 1. The summed E-state index contributed by atoms with van der Waals surface area (Å²) in [6.45, 7) is 4.03. The number of carbonyl (C=O) groups is 4. The van der Waals surface area contributed by atoms with E-state index in [9.17, 15) is 19.2 Å². The van der Waals surface area contributed by atoms with Crippen LogP contribution >= 0.6 is 0 Å². The second kappa shape index (κ2) is 8.58. The molecule has 1 aliphatic carbocycles. The van der Waals surface area contributed by atoms with E-state index in [-0.39, 0.29) is 35.5 Å². The lowest BCUT2D eigenvalue weighted by atomic mass is 9.75. The van der Waals surface area contributed by atoms with Crippen molar-refractivity contribution >= 4 is 23.6 Å². The first-order chi connectivity index (χ1) is 14.4. The molecule has 0 unspecified atom stereocenters. The molecule has 1 saturated carbocycles. The maximum Gasteiger partial charge on any atom is 0.258 e.